The quantitative estimate of drug-likeness (QED) is 0.466. The van der Waals surface area contributed by atoms with Crippen LogP contribution in [0.15, 0.2) is 42.5 Å². The third-order valence-corrected chi connectivity index (χ3v) is 3.49. The zero-order valence-electron chi connectivity index (χ0n) is 12.6. The molecule has 0 saturated carbocycles. The van der Waals surface area contributed by atoms with Gasteiger partial charge in [-0.05, 0) is 31.0 Å². The Morgan fingerprint density at radius 2 is 1.70 bits per heavy atom. The number of hydrogen-bond donors (Lipinski definition) is 1. The van der Waals surface area contributed by atoms with Gasteiger partial charge in [0.1, 0.15) is 17.4 Å². The third kappa shape index (κ3) is 3.37. The standard InChI is InChI=1S/C18H14F3NO/c1-11-7-8-13(12(2)9-11)15(10-22)17(23)14-5-3-4-6-16(14)18(19,20)21/h3-9,23H,1-2H3. The largest absolute Gasteiger partial charge is 0.506 e. The van der Waals surface area contributed by atoms with Crippen molar-refractivity contribution in [3.8, 4) is 6.07 Å². The maximum Gasteiger partial charge on any atom is 0.417 e. The number of allylic oxidation sites excluding steroid dienone is 1. The van der Waals surface area contributed by atoms with E-state index in [0.717, 1.165) is 17.7 Å². The van der Waals surface area contributed by atoms with Gasteiger partial charge in [0.15, 0.2) is 0 Å². The van der Waals surface area contributed by atoms with Gasteiger partial charge in [0.2, 0.25) is 0 Å². The van der Waals surface area contributed by atoms with Gasteiger partial charge in [0, 0.05) is 5.56 Å². The van der Waals surface area contributed by atoms with Crippen LogP contribution in [0.5, 0.6) is 0 Å². The molecule has 0 aliphatic carbocycles. The molecule has 2 aromatic rings. The second-order valence-corrected chi connectivity index (χ2v) is 5.20. The molecule has 0 unspecified atom stereocenters. The molecule has 0 spiro atoms. The molecule has 0 radical (unpaired) electrons. The molecule has 23 heavy (non-hydrogen) atoms. The molecule has 0 aromatic heterocycles. The minimum absolute atomic E-state index is 0.181. The van der Waals surface area contributed by atoms with Crippen molar-refractivity contribution in [1.82, 2.24) is 0 Å². The number of halogens is 3. The van der Waals surface area contributed by atoms with Gasteiger partial charge in [0.05, 0.1) is 5.56 Å². The first kappa shape index (κ1) is 16.6. The summed E-state index contributed by atoms with van der Waals surface area (Å²) in [6.45, 7) is 3.61. The Morgan fingerprint density at radius 3 is 2.26 bits per heavy atom. The predicted octanol–water partition coefficient (Wildman–Crippen LogP) is 5.27. The van der Waals surface area contributed by atoms with Crippen molar-refractivity contribution in [3.63, 3.8) is 0 Å². The molecule has 1 N–H and O–H groups in total. The molecular weight excluding hydrogens is 303 g/mol. The summed E-state index contributed by atoms with van der Waals surface area (Å²) >= 11 is 0. The zero-order chi connectivity index (χ0) is 17.2. The van der Waals surface area contributed by atoms with Crippen molar-refractivity contribution in [1.29, 1.82) is 5.26 Å². The minimum atomic E-state index is -4.62. The summed E-state index contributed by atoms with van der Waals surface area (Å²) in [5.41, 5.74) is 0.509. The number of aliphatic hydroxyl groups excluding tert-OH is 1. The Balaban J connectivity index is 2.71. The number of nitrogens with zero attached hydrogens (tertiary/aromatic N) is 1. The van der Waals surface area contributed by atoms with Crippen LogP contribution in [0.1, 0.15) is 27.8 Å². The van der Waals surface area contributed by atoms with Gasteiger partial charge >= 0.3 is 6.18 Å². The van der Waals surface area contributed by atoms with Gasteiger partial charge in [-0.1, -0.05) is 42.0 Å². The maximum atomic E-state index is 13.1. The van der Waals surface area contributed by atoms with Crippen molar-refractivity contribution in [2.75, 3.05) is 0 Å². The molecule has 2 aromatic carbocycles. The van der Waals surface area contributed by atoms with Crippen molar-refractivity contribution in [2.24, 2.45) is 0 Å². The van der Waals surface area contributed by atoms with Gasteiger partial charge in [0.25, 0.3) is 0 Å². The highest BCUT2D eigenvalue weighted by Gasteiger charge is 2.34. The van der Waals surface area contributed by atoms with Crippen LogP contribution in [0, 0.1) is 25.2 Å². The fourth-order valence-electron chi connectivity index (χ4n) is 2.41. The van der Waals surface area contributed by atoms with E-state index in [2.05, 4.69) is 0 Å². The van der Waals surface area contributed by atoms with E-state index in [9.17, 15) is 23.5 Å². The molecule has 0 atom stereocenters. The number of nitriles is 1. The van der Waals surface area contributed by atoms with Crippen LogP contribution in [0.4, 0.5) is 13.2 Å². The van der Waals surface area contributed by atoms with Crippen LogP contribution in [-0.4, -0.2) is 5.11 Å². The highest BCUT2D eigenvalue weighted by Crippen LogP contribution is 2.36. The molecule has 0 fully saturated rings. The summed E-state index contributed by atoms with van der Waals surface area (Å²) in [4.78, 5) is 0. The van der Waals surface area contributed by atoms with E-state index in [-0.39, 0.29) is 5.57 Å². The van der Waals surface area contributed by atoms with E-state index >= 15 is 0 Å². The summed E-state index contributed by atoms with van der Waals surface area (Å²) in [6.07, 6.45) is -4.62. The Bertz CT molecular complexity index is 814. The average Bonchev–Trinajstić information content (AvgIpc) is 2.49. The summed E-state index contributed by atoms with van der Waals surface area (Å²) < 4.78 is 39.3. The lowest BCUT2D eigenvalue weighted by Crippen LogP contribution is -2.09. The Kier molecular flexibility index (Phi) is 4.46. The Labute approximate surface area is 132 Å². The second-order valence-electron chi connectivity index (χ2n) is 5.20. The lowest BCUT2D eigenvalue weighted by atomic mass is 9.95. The molecular formula is C18H14F3NO. The topological polar surface area (TPSA) is 44.0 Å². The predicted molar refractivity (Wildman–Crippen MR) is 82.4 cm³/mol. The van der Waals surface area contributed by atoms with Crippen LogP contribution in [0.25, 0.3) is 11.3 Å². The SMILES string of the molecule is Cc1ccc(C(C#N)=C(O)c2ccccc2C(F)(F)F)c(C)c1. The highest BCUT2D eigenvalue weighted by molar-refractivity contribution is 5.95. The van der Waals surface area contributed by atoms with Crippen LogP contribution < -0.4 is 0 Å². The molecule has 0 bridgehead atoms. The third-order valence-electron chi connectivity index (χ3n) is 3.49. The second kappa shape index (κ2) is 6.17. The lowest BCUT2D eigenvalue weighted by molar-refractivity contribution is -0.137. The Morgan fingerprint density at radius 1 is 1.04 bits per heavy atom. The van der Waals surface area contributed by atoms with Crippen molar-refractivity contribution < 1.29 is 18.3 Å². The van der Waals surface area contributed by atoms with Crippen LogP contribution in [-0.2, 0) is 6.18 Å². The van der Waals surface area contributed by atoms with Gasteiger partial charge in [-0.25, -0.2) is 0 Å². The maximum absolute atomic E-state index is 13.1. The Hall–Kier alpha value is -2.74. The van der Waals surface area contributed by atoms with Crippen molar-refractivity contribution in [3.05, 3.63) is 70.3 Å². The zero-order valence-corrected chi connectivity index (χ0v) is 12.6. The average molecular weight is 317 g/mol. The van der Waals surface area contributed by atoms with Crippen LogP contribution >= 0.6 is 0 Å². The summed E-state index contributed by atoms with van der Waals surface area (Å²) in [6, 6.07) is 11.6. The summed E-state index contributed by atoms with van der Waals surface area (Å²) in [7, 11) is 0. The highest BCUT2D eigenvalue weighted by atomic mass is 19.4. The van der Waals surface area contributed by atoms with E-state index in [4.69, 9.17) is 0 Å². The normalized spacial score (nSPS) is 12.5. The molecule has 0 amide bonds. The number of alkyl halides is 3. The first-order valence-electron chi connectivity index (χ1n) is 6.83. The first-order chi connectivity index (χ1) is 10.8. The van der Waals surface area contributed by atoms with Crippen molar-refractivity contribution in [2.45, 2.75) is 20.0 Å². The fraction of sp³-hybridized carbons (Fsp3) is 0.167. The number of aliphatic hydroxyl groups is 1. The molecule has 0 saturated heterocycles. The van der Waals surface area contributed by atoms with E-state index in [1.54, 1.807) is 25.1 Å². The molecule has 0 aliphatic heterocycles. The van der Waals surface area contributed by atoms with Gasteiger partial charge in [-0.15, -0.1) is 0 Å². The monoisotopic (exact) mass is 317 g/mol. The van der Waals surface area contributed by atoms with E-state index in [0.29, 0.717) is 11.1 Å². The number of hydrogen-bond acceptors (Lipinski definition) is 2. The van der Waals surface area contributed by atoms with Crippen molar-refractivity contribution >= 4 is 11.3 Å². The number of benzene rings is 2. The van der Waals surface area contributed by atoms with E-state index in [1.165, 1.54) is 12.1 Å². The molecule has 2 nitrogen and oxygen atoms in total. The van der Waals surface area contributed by atoms with Gasteiger partial charge in [-0.3, -0.25) is 0 Å². The van der Waals surface area contributed by atoms with Gasteiger partial charge < -0.3 is 5.11 Å². The smallest absolute Gasteiger partial charge is 0.417 e. The minimum Gasteiger partial charge on any atom is -0.506 e. The first-order valence-corrected chi connectivity index (χ1v) is 6.83. The summed E-state index contributed by atoms with van der Waals surface area (Å²) in [5, 5.41) is 19.7. The fourth-order valence-corrected chi connectivity index (χ4v) is 2.41. The van der Waals surface area contributed by atoms with Gasteiger partial charge in [-0.2, -0.15) is 18.4 Å². The summed E-state index contributed by atoms with van der Waals surface area (Å²) in [5.74, 6) is -0.674. The lowest BCUT2D eigenvalue weighted by Gasteiger charge is -2.14. The van der Waals surface area contributed by atoms with Crippen LogP contribution in [0.3, 0.4) is 0 Å². The molecule has 2 rings (SSSR count). The van der Waals surface area contributed by atoms with E-state index < -0.39 is 23.1 Å². The molecule has 0 heterocycles. The molecule has 118 valence electrons. The number of rotatable bonds is 2. The molecule has 5 heteroatoms. The molecule has 0 aliphatic rings. The number of aryl methyl sites for hydroxylation is 2. The van der Waals surface area contributed by atoms with Crippen LogP contribution in [0.2, 0.25) is 0 Å². The van der Waals surface area contributed by atoms with E-state index in [1.807, 2.05) is 13.0 Å².